The van der Waals surface area contributed by atoms with Gasteiger partial charge in [0, 0.05) is 29.6 Å². The van der Waals surface area contributed by atoms with Gasteiger partial charge in [0.1, 0.15) is 0 Å². The average molecular weight is 325 g/mol. The normalized spacial score (nSPS) is 17.2. The number of benzene rings is 1. The van der Waals surface area contributed by atoms with Gasteiger partial charge < -0.3 is 10.6 Å². The predicted molar refractivity (Wildman–Crippen MR) is 85.1 cm³/mol. The molecule has 1 aliphatic carbocycles. The third-order valence-electron chi connectivity index (χ3n) is 3.92. The van der Waals surface area contributed by atoms with Gasteiger partial charge >= 0.3 is 0 Å². The Morgan fingerprint density at radius 2 is 2.11 bits per heavy atom. The fourth-order valence-electron chi connectivity index (χ4n) is 2.40. The Morgan fingerprint density at radius 1 is 1.37 bits per heavy atom. The number of rotatable bonds is 7. The van der Waals surface area contributed by atoms with E-state index in [-0.39, 0.29) is 6.04 Å². The molecule has 2 N–H and O–H groups in total. The maximum absolute atomic E-state index is 6.31. The van der Waals surface area contributed by atoms with Crippen molar-refractivity contribution in [3.8, 4) is 0 Å². The van der Waals surface area contributed by atoms with Gasteiger partial charge in [-0.3, -0.25) is 0 Å². The van der Waals surface area contributed by atoms with Crippen LogP contribution in [0.2, 0.25) is 0 Å². The van der Waals surface area contributed by atoms with Gasteiger partial charge in [0.25, 0.3) is 0 Å². The van der Waals surface area contributed by atoms with Gasteiger partial charge in [-0.05, 0) is 56.7 Å². The summed E-state index contributed by atoms with van der Waals surface area (Å²) >= 11 is 3.51. The highest BCUT2D eigenvalue weighted by atomic mass is 79.9. The number of nitrogens with two attached hydrogens (primary N) is 1. The van der Waals surface area contributed by atoms with Crippen molar-refractivity contribution in [3.05, 3.63) is 34.3 Å². The Hall–Kier alpha value is -0.380. The summed E-state index contributed by atoms with van der Waals surface area (Å²) in [7, 11) is 0. The van der Waals surface area contributed by atoms with E-state index in [2.05, 4.69) is 52.9 Å². The average Bonchev–Trinajstić information content (AvgIpc) is 3.17. The van der Waals surface area contributed by atoms with E-state index in [1.165, 1.54) is 24.9 Å². The van der Waals surface area contributed by atoms with E-state index >= 15 is 0 Å². The summed E-state index contributed by atoms with van der Waals surface area (Å²) in [6.07, 6.45) is 3.86. The zero-order valence-corrected chi connectivity index (χ0v) is 13.6. The van der Waals surface area contributed by atoms with Crippen molar-refractivity contribution >= 4 is 15.9 Å². The van der Waals surface area contributed by atoms with E-state index in [1.807, 2.05) is 6.07 Å². The van der Waals surface area contributed by atoms with Crippen LogP contribution in [0.1, 0.15) is 44.7 Å². The molecule has 1 aromatic rings. The molecule has 1 fully saturated rings. The monoisotopic (exact) mass is 324 g/mol. The molecule has 0 aliphatic heterocycles. The van der Waals surface area contributed by atoms with Crippen LogP contribution in [-0.2, 0) is 0 Å². The quantitative estimate of drug-likeness (QED) is 0.822. The number of hydrogen-bond donors (Lipinski definition) is 1. The van der Waals surface area contributed by atoms with Gasteiger partial charge in [0.05, 0.1) is 0 Å². The lowest BCUT2D eigenvalue weighted by Crippen LogP contribution is -2.35. The Bertz CT molecular complexity index is 401. The maximum atomic E-state index is 6.31. The Kier molecular flexibility index (Phi) is 5.43. The third kappa shape index (κ3) is 4.90. The first-order valence-corrected chi connectivity index (χ1v) is 8.10. The van der Waals surface area contributed by atoms with Crippen LogP contribution in [-0.4, -0.2) is 24.0 Å². The molecule has 0 saturated heterocycles. The number of hydrogen-bond acceptors (Lipinski definition) is 2. The molecule has 1 saturated carbocycles. The zero-order chi connectivity index (χ0) is 13.8. The summed E-state index contributed by atoms with van der Waals surface area (Å²) in [5, 5.41) is 0. The van der Waals surface area contributed by atoms with Gasteiger partial charge in [-0.2, -0.15) is 0 Å². The van der Waals surface area contributed by atoms with Crippen LogP contribution in [0.5, 0.6) is 0 Å². The molecular weight excluding hydrogens is 300 g/mol. The lowest BCUT2D eigenvalue weighted by atomic mass is 10.0. The van der Waals surface area contributed by atoms with Crippen LogP contribution in [0, 0.1) is 5.92 Å². The SMILES string of the molecule is CC(C)N(CCC(N)c1cccc(Br)c1)CC1CC1. The first kappa shape index (κ1) is 15.0. The van der Waals surface area contributed by atoms with E-state index in [0.29, 0.717) is 6.04 Å². The van der Waals surface area contributed by atoms with Crippen LogP contribution in [0.15, 0.2) is 28.7 Å². The fourth-order valence-corrected chi connectivity index (χ4v) is 2.82. The first-order chi connectivity index (χ1) is 9.06. The predicted octanol–water partition coefficient (Wildman–Crippen LogP) is 3.96. The van der Waals surface area contributed by atoms with Gasteiger partial charge in [-0.15, -0.1) is 0 Å². The minimum Gasteiger partial charge on any atom is -0.324 e. The Balaban J connectivity index is 1.85. The van der Waals surface area contributed by atoms with Crippen molar-refractivity contribution in [3.63, 3.8) is 0 Å². The zero-order valence-electron chi connectivity index (χ0n) is 12.0. The first-order valence-electron chi connectivity index (χ1n) is 7.31. The van der Waals surface area contributed by atoms with Crippen molar-refractivity contribution in [2.24, 2.45) is 11.7 Å². The Morgan fingerprint density at radius 3 is 2.68 bits per heavy atom. The second-order valence-corrected chi connectivity index (χ2v) is 6.90. The second-order valence-electron chi connectivity index (χ2n) is 5.98. The van der Waals surface area contributed by atoms with Crippen molar-refractivity contribution < 1.29 is 0 Å². The van der Waals surface area contributed by atoms with E-state index in [9.17, 15) is 0 Å². The molecular formula is C16H25BrN2. The maximum Gasteiger partial charge on any atom is 0.0307 e. The van der Waals surface area contributed by atoms with Crippen molar-refractivity contribution in [1.82, 2.24) is 4.90 Å². The minimum atomic E-state index is 0.137. The molecule has 2 rings (SSSR count). The van der Waals surface area contributed by atoms with Crippen LogP contribution >= 0.6 is 15.9 Å². The molecule has 0 heterocycles. The largest absolute Gasteiger partial charge is 0.324 e. The van der Waals surface area contributed by atoms with Crippen LogP contribution in [0.4, 0.5) is 0 Å². The lowest BCUT2D eigenvalue weighted by molar-refractivity contribution is 0.205. The highest BCUT2D eigenvalue weighted by molar-refractivity contribution is 9.10. The van der Waals surface area contributed by atoms with Gasteiger partial charge in [0.15, 0.2) is 0 Å². The minimum absolute atomic E-state index is 0.137. The topological polar surface area (TPSA) is 29.3 Å². The van der Waals surface area contributed by atoms with E-state index in [0.717, 1.165) is 23.4 Å². The molecule has 1 aliphatic rings. The molecule has 0 spiro atoms. The molecule has 2 nitrogen and oxygen atoms in total. The molecule has 0 radical (unpaired) electrons. The summed E-state index contributed by atoms with van der Waals surface area (Å²) in [5.74, 6) is 0.949. The molecule has 0 bridgehead atoms. The van der Waals surface area contributed by atoms with E-state index in [1.54, 1.807) is 0 Å². The molecule has 1 unspecified atom stereocenters. The highest BCUT2D eigenvalue weighted by Gasteiger charge is 2.25. The molecule has 1 atom stereocenters. The Labute approximate surface area is 125 Å². The molecule has 0 aromatic heterocycles. The van der Waals surface area contributed by atoms with Crippen LogP contribution < -0.4 is 5.73 Å². The summed E-state index contributed by atoms with van der Waals surface area (Å²) in [6.45, 7) is 6.92. The van der Waals surface area contributed by atoms with E-state index < -0.39 is 0 Å². The molecule has 0 amide bonds. The summed E-state index contributed by atoms with van der Waals surface area (Å²) < 4.78 is 1.11. The molecule has 3 heteroatoms. The van der Waals surface area contributed by atoms with Gasteiger partial charge in [-0.1, -0.05) is 28.1 Å². The van der Waals surface area contributed by atoms with E-state index in [4.69, 9.17) is 5.73 Å². The molecule has 1 aromatic carbocycles. The second kappa shape index (κ2) is 6.87. The van der Waals surface area contributed by atoms with Crippen LogP contribution in [0.25, 0.3) is 0 Å². The molecule has 19 heavy (non-hydrogen) atoms. The van der Waals surface area contributed by atoms with Gasteiger partial charge in [-0.25, -0.2) is 0 Å². The summed E-state index contributed by atoms with van der Waals surface area (Å²) in [6, 6.07) is 9.11. The fraction of sp³-hybridized carbons (Fsp3) is 0.625. The smallest absolute Gasteiger partial charge is 0.0307 e. The third-order valence-corrected chi connectivity index (χ3v) is 4.42. The number of nitrogens with zero attached hydrogens (tertiary/aromatic N) is 1. The summed E-state index contributed by atoms with van der Waals surface area (Å²) in [4.78, 5) is 2.58. The highest BCUT2D eigenvalue weighted by Crippen LogP contribution is 2.30. The van der Waals surface area contributed by atoms with Crippen molar-refractivity contribution in [2.45, 2.75) is 45.2 Å². The summed E-state index contributed by atoms with van der Waals surface area (Å²) in [5.41, 5.74) is 7.54. The van der Waals surface area contributed by atoms with Crippen LogP contribution in [0.3, 0.4) is 0 Å². The van der Waals surface area contributed by atoms with Crippen molar-refractivity contribution in [1.29, 1.82) is 0 Å². The van der Waals surface area contributed by atoms with Crippen molar-refractivity contribution in [2.75, 3.05) is 13.1 Å². The van der Waals surface area contributed by atoms with Gasteiger partial charge in [0.2, 0.25) is 0 Å². The lowest BCUT2D eigenvalue weighted by Gasteiger charge is -2.27. The molecule has 106 valence electrons. The standard InChI is InChI=1S/C16H25BrN2/c1-12(2)19(11-13-6-7-13)9-8-16(18)14-4-3-5-15(17)10-14/h3-5,10,12-13,16H,6-9,11,18H2,1-2H3. The number of halogens is 1.